The van der Waals surface area contributed by atoms with Gasteiger partial charge in [-0.25, -0.2) is 0 Å². The van der Waals surface area contributed by atoms with Crippen LogP contribution in [0.4, 0.5) is 5.69 Å². The van der Waals surface area contributed by atoms with E-state index in [-0.39, 0.29) is 11.7 Å². The summed E-state index contributed by atoms with van der Waals surface area (Å²) in [6.45, 7) is 4.29. The zero-order chi connectivity index (χ0) is 20.2. The molecular formula is C22H21N5OS. The quantitative estimate of drug-likeness (QED) is 0.474. The lowest BCUT2D eigenvalue weighted by Gasteiger charge is -2.09. The van der Waals surface area contributed by atoms with Crippen LogP contribution in [0.25, 0.3) is 16.5 Å². The maximum atomic E-state index is 12.4. The highest BCUT2D eigenvalue weighted by Gasteiger charge is 2.13. The van der Waals surface area contributed by atoms with Gasteiger partial charge >= 0.3 is 0 Å². The van der Waals surface area contributed by atoms with Crippen molar-refractivity contribution in [2.75, 3.05) is 11.1 Å². The lowest BCUT2D eigenvalue weighted by Crippen LogP contribution is -2.14. The molecule has 1 heterocycles. The van der Waals surface area contributed by atoms with Crippen molar-refractivity contribution in [2.24, 2.45) is 0 Å². The van der Waals surface area contributed by atoms with Gasteiger partial charge in [-0.05, 0) is 45.5 Å². The Labute approximate surface area is 173 Å². The van der Waals surface area contributed by atoms with Crippen LogP contribution in [0.1, 0.15) is 25.3 Å². The van der Waals surface area contributed by atoms with E-state index >= 15 is 0 Å². The van der Waals surface area contributed by atoms with E-state index in [4.69, 9.17) is 0 Å². The van der Waals surface area contributed by atoms with Gasteiger partial charge in [0.1, 0.15) is 0 Å². The number of amides is 1. The van der Waals surface area contributed by atoms with Crippen LogP contribution in [0.5, 0.6) is 0 Å². The van der Waals surface area contributed by atoms with E-state index in [1.165, 1.54) is 17.3 Å². The number of hydrogen-bond acceptors (Lipinski definition) is 5. The van der Waals surface area contributed by atoms with Gasteiger partial charge < -0.3 is 5.32 Å². The first-order valence-electron chi connectivity index (χ1n) is 9.41. The predicted octanol–water partition coefficient (Wildman–Crippen LogP) is 4.67. The number of carbonyl (C=O) groups is 1. The SMILES string of the molecule is CC(C)c1ccc(NC(=O)CSc2nnnn2-c2cccc3ccccc23)cc1. The number of thioether (sulfide) groups is 1. The molecule has 0 unspecified atom stereocenters. The second-order valence-corrected chi connectivity index (χ2v) is 7.93. The third kappa shape index (κ3) is 4.30. The molecule has 0 aliphatic heterocycles. The highest BCUT2D eigenvalue weighted by atomic mass is 32.2. The molecule has 0 saturated heterocycles. The number of anilines is 1. The number of nitrogens with one attached hydrogen (secondary N) is 1. The second-order valence-electron chi connectivity index (χ2n) is 6.99. The van der Waals surface area contributed by atoms with E-state index in [1.807, 2.05) is 66.7 Å². The van der Waals surface area contributed by atoms with Crippen LogP contribution in [0.3, 0.4) is 0 Å². The minimum atomic E-state index is -0.0974. The number of nitrogens with zero attached hydrogens (tertiary/aromatic N) is 4. The Kier molecular flexibility index (Phi) is 5.57. The molecule has 7 heteroatoms. The fourth-order valence-corrected chi connectivity index (χ4v) is 3.78. The fourth-order valence-electron chi connectivity index (χ4n) is 3.09. The Hall–Kier alpha value is -3.19. The first-order valence-corrected chi connectivity index (χ1v) is 10.4. The molecule has 0 atom stereocenters. The molecule has 0 bridgehead atoms. The van der Waals surface area contributed by atoms with Crippen molar-refractivity contribution in [3.8, 4) is 5.69 Å². The molecule has 1 N–H and O–H groups in total. The average molecular weight is 404 g/mol. The summed E-state index contributed by atoms with van der Waals surface area (Å²) in [4.78, 5) is 12.4. The maximum absolute atomic E-state index is 12.4. The van der Waals surface area contributed by atoms with Crippen LogP contribution < -0.4 is 5.32 Å². The summed E-state index contributed by atoms with van der Waals surface area (Å²) in [5.74, 6) is 0.583. The molecule has 6 nitrogen and oxygen atoms in total. The first-order chi connectivity index (χ1) is 14.1. The van der Waals surface area contributed by atoms with E-state index in [0.29, 0.717) is 11.1 Å². The van der Waals surface area contributed by atoms with E-state index in [1.54, 1.807) is 4.68 Å². The lowest BCUT2D eigenvalue weighted by molar-refractivity contribution is -0.113. The Morgan fingerprint density at radius 3 is 2.59 bits per heavy atom. The topological polar surface area (TPSA) is 72.7 Å². The van der Waals surface area contributed by atoms with Gasteiger partial charge in [0.2, 0.25) is 11.1 Å². The van der Waals surface area contributed by atoms with E-state index < -0.39 is 0 Å². The molecule has 0 saturated carbocycles. The molecule has 146 valence electrons. The van der Waals surface area contributed by atoms with Gasteiger partial charge in [-0.3, -0.25) is 4.79 Å². The molecule has 0 radical (unpaired) electrons. The largest absolute Gasteiger partial charge is 0.325 e. The number of fused-ring (bicyclic) bond motifs is 1. The first kappa shape index (κ1) is 19.1. The summed E-state index contributed by atoms with van der Waals surface area (Å²) in [6, 6.07) is 22.0. The van der Waals surface area contributed by atoms with Crippen LogP contribution in [0.15, 0.2) is 71.9 Å². The minimum Gasteiger partial charge on any atom is -0.325 e. The van der Waals surface area contributed by atoms with Gasteiger partial charge in [0.25, 0.3) is 0 Å². The van der Waals surface area contributed by atoms with Gasteiger partial charge in [0, 0.05) is 11.1 Å². The molecule has 4 rings (SSSR count). The Morgan fingerprint density at radius 2 is 1.79 bits per heavy atom. The van der Waals surface area contributed by atoms with Crippen molar-refractivity contribution in [2.45, 2.75) is 24.9 Å². The van der Waals surface area contributed by atoms with E-state index in [0.717, 1.165) is 22.1 Å². The summed E-state index contributed by atoms with van der Waals surface area (Å²) >= 11 is 1.31. The van der Waals surface area contributed by atoms with Crippen molar-refractivity contribution >= 4 is 34.1 Å². The zero-order valence-corrected chi connectivity index (χ0v) is 17.1. The number of benzene rings is 3. The molecule has 4 aromatic rings. The Morgan fingerprint density at radius 1 is 1.03 bits per heavy atom. The summed E-state index contributed by atoms with van der Waals surface area (Å²) < 4.78 is 1.68. The monoisotopic (exact) mass is 403 g/mol. The summed E-state index contributed by atoms with van der Waals surface area (Å²) in [5, 5.41) is 17.7. The summed E-state index contributed by atoms with van der Waals surface area (Å²) in [6.07, 6.45) is 0. The molecule has 0 spiro atoms. The summed E-state index contributed by atoms with van der Waals surface area (Å²) in [7, 11) is 0. The minimum absolute atomic E-state index is 0.0974. The third-order valence-electron chi connectivity index (χ3n) is 4.63. The van der Waals surface area contributed by atoms with E-state index in [9.17, 15) is 4.79 Å². The standard InChI is InChI=1S/C22H21N5OS/c1-15(2)16-10-12-18(13-11-16)23-21(28)14-29-22-24-25-26-27(22)20-9-5-7-17-6-3-4-8-19(17)20/h3-13,15H,14H2,1-2H3,(H,23,28). The van der Waals surface area contributed by atoms with Crippen molar-refractivity contribution in [1.82, 2.24) is 20.2 Å². The van der Waals surface area contributed by atoms with Crippen LogP contribution in [-0.4, -0.2) is 31.9 Å². The van der Waals surface area contributed by atoms with Crippen molar-refractivity contribution in [3.63, 3.8) is 0 Å². The predicted molar refractivity (Wildman–Crippen MR) is 117 cm³/mol. The van der Waals surface area contributed by atoms with Gasteiger partial charge in [0.15, 0.2) is 0 Å². The van der Waals surface area contributed by atoms with Crippen LogP contribution in [0.2, 0.25) is 0 Å². The fraction of sp³-hybridized carbons (Fsp3) is 0.182. The summed E-state index contributed by atoms with van der Waals surface area (Å²) in [5.41, 5.74) is 2.92. The van der Waals surface area contributed by atoms with Gasteiger partial charge in [0.05, 0.1) is 11.4 Å². The highest BCUT2D eigenvalue weighted by molar-refractivity contribution is 7.99. The van der Waals surface area contributed by atoms with Crippen LogP contribution >= 0.6 is 11.8 Å². The molecule has 0 aliphatic carbocycles. The van der Waals surface area contributed by atoms with Gasteiger partial charge in [-0.15, -0.1) is 5.10 Å². The maximum Gasteiger partial charge on any atom is 0.234 e. The lowest BCUT2D eigenvalue weighted by atomic mass is 10.0. The zero-order valence-electron chi connectivity index (χ0n) is 16.2. The molecule has 0 fully saturated rings. The number of hydrogen-bond donors (Lipinski definition) is 1. The van der Waals surface area contributed by atoms with Crippen LogP contribution in [0, 0.1) is 0 Å². The van der Waals surface area contributed by atoms with Crippen molar-refractivity contribution < 1.29 is 4.79 Å². The molecule has 3 aromatic carbocycles. The highest BCUT2D eigenvalue weighted by Crippen LogP contribution is 2.25. The van der Waals surface area contributed by atoms with Crippen LogP contribution in [-0.2, 0) is 4.79 Å². The van der Waals surface area contributed by atoms with Gasteiger partial charge in [-0.1, -0.05) is 74.1 Å². The molecule has 29 heavy (non-hydrogen) atoms. The Balaban J connectivity index is 1.46. The molecule has 1 aromatic heterocycles. The third-order valence-corrected chi connectivity index (χ3v) is 5.55. The van der Waals surface area contributed by atoms with Crippen molar-refractivity contribution in [3.05, 3.63) is 72.3 Å². The van der Waals surface area contributed by atoms with Gasteiger partial charge in [-0.2, -0.15) is 4.68 Å². The number of aromatic nitrogens is 4. The number of carbonyl (C=O) groups excluding carboxylic acids is 1. The number of rotatable bonds is 6. The molecular weight excluding hydrogens is 382 g/mol. The molecule has 0 aliphatic rings. The normalized spacial score (nSPS) is 11.1. The number of tetrazole rings is 1. The molecule has 1 amide bonds. The van der Waals surface area contributed by atoms with Crippen molar-refractivity contribution in [1.29, 1.82) is 0 Å². The average Bonchev–Trinajstić information content (AvgIpc) is 3.20. The smallest absolute Gasteiger partial charge is 0.234 e. The Bertz CT molecular complexity index is 1130. The van der Waals surface area contributed by atoms with E-state index in [2.05, 4.69) is 34.7 Å². The second kappa shape index (κ2) is 8.45.